The first-order valence-electron chi connectivity index (χ1n) is 8.18. The maximum atomic E-state index is 12.7. The zero-order valence-electron chi connectivity index (χ0n) is 14.1. The Balaban J connectivity index is 1.60. The molecule has 1 aliphatic heterocycles. The van der Waals surface area contributed by atoms with Gasteiger partial charge in [0.25, 0.3) is 10.0 Å². The number of hydrogen-bond donors (Lipinski definition) is 1. The Morgan fingerprint density at radius 3 is 2.81 bits per heavy atom. The molecule has 0 atom stereocenters. The standard InChI is InChI=1S/C16H18N4O5S/c1-19-14-8-13(2-3-15(14)25-16(19)21)26(22,23)18-11-9-17-20(10-11)12-4-6-24-7-5-12/h2-3,8-10,12,18H,4-7H2,1H3. The molecule has 2 aromatic heterocycles. The van der Waals surface area contributed by atoms with E-state index in [1.807, 2.05) is 0 Å². The molecule has 0 unspecified atom stereocenters. The van der Waals surface area contributed by atoms with Crippen LogP contribution in [0, 0.1) is 0 Å². The molecule has 4 rings (SSSR count). The van der Waals surface area contributed by atoms with Gasteiger partial charge < -0.3 is 9.15 Å². The van der Waals surface area contributed by atoms with Gasteiger partial charge in [0, 0.05) is 26.5 Å². The molecule has 0 radical (unpaired) electrons. The molecule has 1 aliphatic rings. The van der Waals surface area contributed by atoms with E-state index in [0.717, 1.165) is 12.8 Å². The third-order valence-electron chi connectivity index (χ3n) is 4.49. The number of hydrogen-bond acceptors (Lipinski definition) is 6. The van der Waals surface area contributed by atoms with Gasteiger partial charge >= 0.3 is 5.76 Å². The van der Waals surface area contributed by atoms with Crippen LogP contribution in [0.3, 0.4) is 0 Å². The smallest absolute Gasteiger partial charge is 0.408 e. The first-order valence-corrected chi connectivity index (χ1v) is 9.67. The second kappa shape index (κ2) is 6.29. The Morgan fingerprint density at radius 2 is 2.04 bits per heavy atom. The zero-order chi connectivity index (χ0) is 18.3. The van der Waals surface area contributed by atoms with Crippen LogP contribution in [0.25, 0.3) is 11.1 Å². The summed E-state index contributed by atoms with van der Waals surface area (Å²) < 4.78 is 41.2. The highest BCUT2D eigenvalue weighted by atomic mass is 32.2. The molecule has 26 heavy (non-hydrogen) atoms. The first-order chi connectivity index (χ1) is 12.4. The summed E-state index contributed by atoms with van der Waals surface area (Å²) >= 11 is 0. The van der Waals surface area contributed by atoms with Crippen molar-refractivity contribution in [2.24, 2.45) is 7.05 Å². The number of rotatable bonds is 4. The van der Waals surface area contributed by atoms with Crippen molar-refractivity contribution in [3.05, 3.63) is 41.1 Å². The molecule has 1 N–H and O–H groups in total. The monoisotopic (exact) mass is 378 g/mol. The minimum atomic E-state index is -3.81. The van der Waals surface area contributed by atoms with E-state index < -0.39 is 15.8 Å². The van der Waals surface area contributed by atoms with Crippen LogP contribution in [0.5, 0.6) is 0 Å². The zero-order valence-corrected chi connectivity index (χ0v) is 14.9. The highest BCUT2D eigenvalue weighted by molar-refractivity contribution is 7.92. The summed E-state index contributed by atoms with van der Waals surface area (Å²) in [5.41, 5.74) is 1.14. The molecule has 1 fully saturated rings. The number of nitrogens with one attached hydrogen (secondary N) is 1. The van der Waals surface area contributed by atoms with Crippen molar-refractivity contribution >= 4 is 26.8 Å². The lowest BCUT2D eigenvalue weighted by Crippen LogP contribution is -2.19. The molecule has 0 spiro atoms. The fourth-order valence-corrected chi connectivity index (χ4v) is 4.08. The third kappa shape index (κ3) is 3.01. The molecule has 0 amide bonds. The molecule has 1 saturated heterocycles. The highest BCUT2D eigenvalue weighted by Gasteiger charge is 2.20. The van der Waals surface area contributed by atoms with Gasteiger partial charge in [-0.05, 0) is 31.0 Å². The number of aryl methyl sites for hydroxylation is 1. The van der Waals surface area contributed by atoms with Crippen molar-refractivity contribution in [2.45, 2.75) is 23.8 Å². The largest absolute Gasteiger partial charge is 0.419 e. The molecular formula is C16H18N4O5S. The average Bonchev–Trinajstić information content (AvgIpc) is 3.20. The van der Waals surface area contributed by atoms with Gasteiger partial charge in [-0.2, -0.15) is 5.10 Å². The number of fused-ring (bicyclic) bond motifs is 1. The predicted molar refractivity (Wildman–Crippen MR) is 93.6 cm³/mol. The van der Waals surface area contributed by atoms with Gasteiger partial charge in [0.15, 0.2) is 5.58 Å². The maximum absolute atomic E-state index is 12.7. The molecule has 10 heteroatoms. The molecule has 0 saturated carbocycles. The van der Waals surface area contributed by atoms with E-state index in [9.17, 15) is 13.2 Å². The van der Waals surface area contributed by atoms with Crippen LogP contribution in [-0.2, 0) is 21.8 Å². The molecule has 0 aliphatic carbocycles. The fraction of sp³-hybridized carbons (Fsp3) is 0.375. The normalized spacial score (nSPS) is 16.2. The lowest BCUT2D eigenvalue weighted by molar-refractivity contribution is 0.0662. The van der Waals surface area contributed by atoms with Crippen molar-refractivity contribution in [1.29, 1.82) is 0 Å². The summed E-state index contributed by atoms with van der Waals surface area (Å²) in [7, 11) is -2.29. The van der Waals surface area contributed by atoms with Crippen LogP contribution in [0.4, 0.5) is 5.69 Å². The lowest BCUT2D eigenvalue weighted by Gasteiger charge is -2.22. The van der Waals surface area contributed by atoms with Crippen LogP contribution >= 0.6 is 0 Å². The fourth-order valence-electron chi connectivity index (χ4n) is 3.03. The summed E-state index contributed by atoms with van der Waals surface area (Å²) in [5.74, 6) is -0.541. The van der Waals surface area contributed by atoms with E-state index in [1.54, 1.807) is 10.9 Å². The van der Waals surface area contributed by atoms with Gasteiger partial charge in [-0.25, -0.2) is 13.2 Å². The number of anilines is 1. The van der Waals surface area contributed by atoms with E-state index in [2.05, 4.69) is 9.82 Å². The van der Waals surface area contributed by atoms with Gasteiger partial charge in [0.2, 0.25) is 0 Å². The molecule has 0 bridgehead atoms. The van der Waals surface area contributed by atoms with Crippen molar-refractivity contribution in [1.82, 2.24) is 14.3 Å². The molecule has 1 aromatic carbocycles. The average molecular weight is 378 g/mol. The van der Waals surface area contributed by atoms with Gasteiger partial charge in [-0.3, -0.25) is 14.0 Å². The molecule has 138 valence electrons. The van der Waals surface area contributed by atoms with Crippen LogP contribution in [0.15, 0.2) is 44.7 Å². The van der Waals surface area contributed by atoms with Crippen molar-refractivity contribution in [2.75, 3.05) is 17.9 Å². The Morgan fingerprint density at radius 1 is 1.27 bits per heavy atom. The second-order valence-corrected chi connectivity index (χ2v) is 7.90. The third-order valence-corrected chi connectivity index (χ3v) is 5.87. The second-order valence-electron chi connectivity index (χ2n) is 6.21. The van der Waals surface area contributed by atoms with Crippen molar-refractivity contribution < 1.29 is 17.6 Å². The number of sulfonamides is 1. The van der Waals surface area contributed by atoms with Crippen molar-refractivity contribution in [3.8, 4) is 0 Å². The van der Waals surface area contributed by atoms with Gasteiger partial charge in [-0.1, -0.05) is 0 Å². The van der Waals surface area contributed by atoms with E-state index in [4.69, 9.17) is 9.15 Å². The van der Waals surface area contributed by atoms with Gasteiger partial charge in [0.1, 0.15) is 0 Å². The Labute approximate surface area is 149 Å². The van der Waals surface area contributed by atoms with E-state index in [0.29, 0.717) is 30.0 Å². The maximum Gasteiger partial charge on any atom is 0.419 e. The molecule has 3 heterocycles. The quantitative estimate of drug-likeness (QED) is 0.737. The minimum Gasteiger partial charge on any atom is -0.408 e. The summed E-state index contributed by atoms with van der Waals surface area (Å²) in [6.07, 6.45) is 4.86. The Bertz CT molecular complexity index is 1110. The first kappa shape index (κ1) is 16.9. The molecular weight excluding hydrogens is 360 g/mol. The van der Waals surface area contributed by atoms with Crippen LogP contribution in [-0.4, -0.2) is 36.0 Å². The Hall–Kier alpha value is -2.59. The predicted octanol–water partition coefficient (Wildman–Crippen LogP) is 1.48. The van der Waals surface area contributed by atoms with Gasteiger partial charge in [-0.15, -0.1) is 0 Å². The minimum absolute atomic E-state index is 0.0419. The number of ether oxygens (including phenoxy) is 1. The summed E-state index contributed by atoms with van der Waals surface area (Å²) in [5, 5.41) is 4.26. The lowest BCUT2D eigenvalue weighted by atomic mass is 10.1. The van der Waals surface area contributed by atoms with Crippen LogP contribution in [0.1, 0.15) is 18.9 Å². The number of benzene rings is 1. The molecule has 9 nitrogen and oxygen atoms in total. The Kier molecular flexibility index (Phi) is 4.08. The van der Waals surface area contributed by atoms with E-state index in [1.165, 1.54) is 36.0 Å². The summed E-state index contributed by atoms with van der Waals surface area (Å²) in [6, 6.07) is 4.48. The van der Waals surface area contributed by atoms with Crippen LogP contribution < -0.4 is 10.5 Å². The van der Waals surface area contributed by atoms with Gasteiger partial charge in [0.05, 0.1) is 28.3 Å². The van der Waals surface area contributed by atoms with E-state index >= 15 is 0 Å². The SMILES string of the molecule is Cn1c(=O)oc2ccc(S(=O)(=O)Nc3cnn(C4CCOCC4)c3)cc21. The number of aromatic nitrogens is 3. The topological polar surface area (TPSA) is 108 Å². The summed E-state index contributed by atoms with van der Waals surface area (Å²) in [6.45, 7) is 1.35. The van der Waals surface area contributed by atoms with Crippen molar-refractivity contribution in [3.63, 3.8) is 0 Å². The molecule has 3 aromatic rings. The number of nitrogens with zero attached hydrogens (tertiary/aromatic N) is 3. The number of oxazole rings is 1. The highest BCUT2D eigenvalue weighted by Crippen LogP contribution is 2.24. The van der Waals surface area contributed by atoms with Crippen LogP contribution in [0.2, 0.25) is 0 Å². The summed E-state index contributed by atoms with van der Waals surface area (Å²) in [4.78, 5) is 11.6. The van der Waals surface area contributed by atoms with E-state index in [-0.39, 0.29) is 10.9 Å².